The molecule has 1 atom stereocenters. The lowest BCUT2D eigenvalue weighted by Gasteiger charge is -2.29. The molecule has 9 heteroatoms. The maximum atomic E-state index is 12.8. The van der Waals surface area contributed by atoms with Crippen LogP contribution in [-0.2, 0) is 19.1 Å². The second kappa shape index (κ2) is 11.3. The number of methoxy groups -OCH3 is 2. The van der Waals surface area contributed by atoms with E-state index in [1.54, 1.807) is 39.0 Å². The third-order valence-corrected chi connectivity index (χ3v) is 5.51. The molecule has 0 aliphatic carbocycles. The Morgan fingerprint density at radius 3 is 2.39 bits per heavy atom. The van der Waals surface area contributed by atoms with E-state index in [4.69, 9.17) is 18.9 Å². The predicted octanol–water partition coefficient (Wildman–Crippen LogP) is 3.26. The van der Waals surface area contributed by atoms with Crippen molar-refractivity contribution in [2.24, 2.45) is 0 Å². The number of benzene rings is 1. The van der Waals surface area contributed by atoms with Crippen molar-refractivity contribution in [1.82, 2.24) is 5.32 Å². The first-order chi connectivity index (χ1) is 14.9. The Morgan fingerprint density at radius 2 is 1.81 bits per heavy atom. The number of hydrogen-bond donors (Lipinski definition) is 1. The Bertz CT molecular complexity index is 948. The molecule has 0 aromatic heterocycles. The fourth-order valence-corrected chi connectivity index (χ4v) is 4.10. The summed E-state index contributed by atoms with van der Waals surface area (Å²) in [5.74, 6) is -0.582. The Labute approximate surface area is 186 Å². The van der Waals surface area contributed by atoms with Crippen molar-refractivity contribution in [3.63, 3.8) is 0 Å². The molecule has 0 saturated heterocycles. The Kier molecular flexibility index (Phi) is 8.82. The summed E-state index contributed by atoms with van der Waals surface area (Å²) in [4.78, 5) is 24.6. The molecule has 0 saturated carbocycles. The molecule has 1 aromatic carbocycles. The third kappa shape index (κ3) is 5.52. The van der Waals surface area contributed by atoms with Gasteiger partial charge in [0, 0.05) is 5.70 Å². The second-order valence-corrected chi connectivity index (χ2v) is 7.37. The maximum Gasteiger partial charge on any atom is 0.336 e. The van der Waals surface area contributed by atoms with E-state index in [0.717, 1.165) is 11.8 Å². The summed E-state index contributed by atoms with van der Waals surface area (Å²) in [6, 6.07) is 7.42. The lowest BCUT2D eigenvalue weighted by Crippen LogP contribution is -2.29. The number of rotatable bonds is 9. The molecule has 1 N–H and O–H groups in total. The van der Waals surface area contributed by atoms with Crippen molar-refractivity contribution in [2.75, 3.05) is 33.2 Å². The van der Waals surface area contributed by atoms with Gasteiger partial charge in [-0.3, -0.25) is 4.79 Å². The molecule has 1 heterocycles. The third-order valence-electron chi connectivity index (χ3n) is 4.52. The predicted molar refractivity (Wildman–Crippen MR) is 116 cm³/mol. The van der Waals surface area contributed by atoms with Crippen LogP contribution in [0, 0.1) is 11.3 Å². The van der Waals surface area contributed by atoms with E-state index in [1.165, 1.54) is 14.2 Å². The fourth-order valence-electron chi connectivity index (χ4n) is 3.21. The van der Waals surface area contributed by atoms with Crippen molar-refractivity contribution in [3.8, 4) is 17.6 Å². The molecule has 1 unspecified atom stereocenters. The minimum absolute atomic E-state index is 0.0298. The number of dihydropyridines is 1. The van der Waals surface area contributed by atoms with Gasteiger partial charge in [-0.25, -0.2) is 4.79 Å². The monoisotopic (exact) mass is 446 g/mol. The van der Waals surface area contributed by atoms with E-state index < -0.39 is 11.9 Å². The van der Waals surface area contributed by atoms with Gasteiger partial charge in [0.05, 0.1) is 61.3 Å². The van der Waals surface area contributed by atoms with Gasteiger partial charge in [0.25, 0.3) is 0 Å². The summed E-state index contributed by atoms with van der Waals surface area (Å²) in [6.07, 6.45) is 0. The molecule has 8 nitrogen and oxygen atoms in total. The van der Waals surface area contributed by atoms with Gasteiger partial charge in [0.2, 0.25) is 0 Å². The van der Waals surface area contributed by atoms with E-state index >= 15 is 0 Å². The molecule has 1 aliphatic heterocycles. The zero-order valence-corrected chi connectivity index (χ0v) is 19.1. The zero-order valence-electron chi connectivity index (χ0n) is 18.2. The summed E-state index contributed by atoms with van der Waals surface area (Å²) < 4.78 is 20.9. The van der Waals surface area contributed by atoms with Gasteiger partial charge in [-0.1, -0.05) is 17.8 Å². The molecule has 0 amide bonds. The zero-order chi connectivity index (χ0) is 23.0. The Morgan fingerprint density at radius 1 is 1.13 bits per heavy atom. The smallest absolute Gasteiger partial charge is 0.336 e. The summed E-state index contributed by atoms with van der Waals surface area (Å²) in [5.41, 5.74) is 1.83. The first-order valence-electron chi connectivity index (χ1n) is 9.71. The van der Waals surface area contributed by atoms with Crippen LogP contribution in [0.2, 0.25) is 0 Å². The van der Waals surface area contributed by atoms with E-state index in [9.17, 15) is 14.9 Å². The largest absolute Gasteiger partial charge is 0.493 e. The van der Waals surface area contributed by atoms with Gasteiger partial charge in [0.1, 0.15) is 0 Å². The molecular formula is C22H26N2O6S. The van der Waals surface area contributed by atoms with E-state index in [-0.39, 0.29) is 24.9 Å². The highest BCUT2D eigenvalue weighted by molar-refractivity contribution is 8.03. The van der Waals surface area contributed by atoms with Crippen LogP contribution in [0.1, 0.15) is 32.3 Å². The topological polar surface area (TPSA) is 107 Å². The average Bonchev–Trinajstić information content (AvgIpc) is 2.76. The lowest BCUT2D eigenvalue weighted by molar-refractivity contribution is -0.140. The molecule has 31 heavy (non-hydrogen) atoms. The summed E-state index contributed by atoms with van der Waals surface area (Å²) in [6.45, 7) is 5.66. The first-order valence-corrected chi connectivity index (χ1v) is 10.7. The SMILES string of the molecule is CCOC(=O)CSC1=C(C#N)C(c2ccc(OC)c(OC)c2)C(C(=O)OCC)=C(C)N1. The van der Waals surface area contributed by atoms with Crippen LogP contribution in [0.15, 0.2) is 40.1 Å². The number of nitriles is 1. The Balaban J connectivity index is 2.59. The fraction of sp³-hybridized carbons (Fsp3) is 0.409. The van der Waals surface area contributed by atoms with E-state index in [1.807, 2.05) is 0 Å². The van der Waals surface area contributed by atoms with Crippen LogP contribution in [0.25, 0.3) is 0 Å². The van der Waals surface area contributed by atoms with Crippen LogP contribution in [0.4, 0.5) is 0 Å². The number of thioether (sulfide) groups is 1. The molecular weight excluding hydrogens is 420 g/mol. The molecule has 0 fully saturated rings. The summed E-state index contributed by atoms with van der Waals surface area (Å²) in [7, 11) is 3.04. The normalized spacial score (nSPS) is 15.7. The van der Waals surface area contributed by atoms with Crippen molar-refractivity contribution in [3.05, 3.63) is 45.6 Å². The molecule has 166 valence electrons. The van der Waals surface area contributed by atoms with Gasteiger partial charge in [-0.2, -0.15) is 5.26 Å². The van der Waals surface area contributed by atoms with Crippen molar-refractivity contribution in [1.29, 1.82) is 5.26 Å². The highest BCUT2D eigenvalue weighted by atomic mass is 32.2. The molecule has 2 rings (SSSR count). The summed E-state index contributed by atoms with van der Waals surface area (Å²) >= 11 is 1.15. The van der Waals surface area contributed by atoms with Crippen molar-refractivity contribution in [2.45, 2.75) is 26.7 Å². The number of nitrogens with one attached hydrogen (secondary N) is 1. The van der Waals surface area contributed by atoms with Crippen LogP contribution in [0.5, 0.6) is 11.5 Å². The maximum absolute atomic E-state index is 12.8. The van der Waals surface area contributed by atoms with E-state index in [0.29, 0.717) is 38.9 Å². The lowest BCUT2D eigenvalue weighted by atomic mass is 9.82. The molecule has 1 aromatic rings. The molecule has 1 aliphatic rings. The number of carbonyl (C=O) groups excluding carboxylic acids is 2. The molecule has 0 spiro atoms. The minimum atomic E-state index is -0.699. The number of nitrogens with zero attached hydrogens (tertiary/aromatic N) is 1. The van der Waals surface area contributed by atoms with Gasteiger partial charge in [0.15, 0.2) is 11.5 Å². The van der Waals surface area contributed by atoms with Crippen LogP contribution in [0.3, 0.4) is 0 Å². The van der Waals surface area contributed by atoms with Crippen LogP contribution < -0.4 is 14.8 Å². The van der Waals surface area contributed by atoms with Crippen molar-refractivity contribution < 1.29 is 28.5 Å². The number of allylic oxidation sites excluding steroid dienone is 2. The molecule has 0 bridgehead atoms. The van der Waals surface area contributed by atoms with Gasteiger partial charge >= 0.3 is 11.9 Å². The van der Waals surface area contributed by atoms with Crippen molar-refractivity contribution >= 4 is 23.7 Å². The van der Waals surface area contributed by atoms with E-state index in [2.05, 4.69) is 11.4 Å². The van der Waals surface area contributed by atoms with Crippen LogP contribution >= 0.6 is 11.8 Å². The average molecular weight is 447 g/mol. The highest BCUT2D eigenvalue weighted by Gasteiger charge is 2.36. The first kappa shape index (κ1) is 24.2. The molecule has 0 radical (unpaired) electrons. The van der Waals surface area contributed by atoms with Gasteiger partial charge < -0.3 is 24.3 Å². The highest BCUT2D eigenvalue weighted by Crippen LogP contribution is 2.43. The number of ether oxygens (including phenoxy) is 4. The number of carbonyl (C=O) groups is 2. The van der Waals surface area contributed by atoms with Gasteiger partial charge in [-0.15, -0.1) is 0 Å². The van der Waals surface area contributed by atoms with Crippen LogP contribution in [-0.4, -0.2) is 45.1 Å². The standard InChI is InChI=1S/C22H26N2O6S/c1-6-29-18(25)12-31-21-15(11-23)20(19(13(3)24-21)22(26)30-7-2)14-8-9-16(27-4)17(10-14)28-5/h8-10,20,24H,6-7,12H2,1-5H3. The van der Waals surface area contributed by atoms with Gasteiger partial charge in [-0.05, 0) is 38.5 Å². The minimum Gasteiger partial charge on any atom is -0.493 e. The second-order valence-electron chi connectivity index (χ2n) is 6.38. The number of esters is 2. The Hall–Kier alpha value is -3.12. The summed E-state index contributed by atoms with van der Waals surface area (Å²) in [5, 5.41) is 13.6. The quantitative estimate of drug-likeness (QED) is 0.572. The number of hydrogen-bond acceptors (Lipinski definition) is 9.